The van der Waals surface area contributed by atoms with Crippen molar-refractivity contribution < 1.29 is 13.2 Å². The van der Waals surface area contributed by atoms with Crippen LogP contribution in [-0.2, 0) is 16.1 Å². The molecule has 0 bridgehead atoms. The summed E-state index contributed by atoms with van der Waals surface area (Å²) in [5, 5.41) is 1.99. The van der Waals surface area contributed by atoms with E-state index in [2.05, 4.69) is 4.99 Å². The van der Waals surface area contributed by atoms with Crippen LogP contribution in [0.5, 0.6) is 5.75 Å². The second kappa shape index (κ2) is 8.79. The number of aromatic nitrogens is 1. The lowest BCUT2D eigenvalue weighted by Gasteiger charge is -2.06. The maximum Gasteiger partial charge on any atom is 0.262 e. The molecule has 5 nitrogen and oxygen atoms in total. The quantitative estimate of drug-likeness (QED) is 0.456. The minimum atomic E-state index is -3.93. The van der Waals surface area contributed by atoms with Gasteiger partial charge in [0, 0.05) is 28.7 Å². The average molecular weight is 510 g/mol. The Hall–Kier alpha value is -1.32. The Balaban J connectivity index is 0.00000261. The molecule has 10 heteroatoms. The zero-order chi connectivity index (χ0) is 18.9. The van der Waals surface area contributed by atoms with Crippen molar-refractivity contribution in [3.05, 3.63) is 57.7 Å². The first-order chi connectivity index (χ1) is 12.3. The van der Waals surface area contributed by atoms with E-state index >= 15 is 0 Å². The normalized spacial score (nSPS) is 11.9. The third kappa shape index (κ3) is 4.94. The summed E-state index contributed by atoms with van der Waals surface area (Å²) >= 11 is 7.39. The van der Waals surface area contributed by atoms with Crippen molar-refractivity contribution in [2.75, 3.05) is 7.11 Å². The van der Waals surface area contributed by atoms with Crippen molar-refractivity contribution in [3.8, 4) is 17.0 Å². The second-order valence-electron chi connectivity index (χ2n) is 5.36. The summed E-state index contributed by atoms with van der Waals surface area (Å²) in [7, 11) is 5.00. The Morgan fingerprint density at radius 1 is 1.15 bits per heavy atom. The van der Waals surface area contributed by atoms with Gasteiger partial charge in [0.2, 0.25) is 0 Å². The number of halogens is 3. The summed E-state index contributed by atoms with van der Waals surface area (Å²) in [6.45, 7) is 0. The maximum absolute atomic E-state index is 11.7. The molecule has 144 valence electrons. The first kappa shape index (κ1) is 22.0. The van der Waals surface area contributed by atoms with Gasteiger partial charge in [-0.1, -0.05) is 17.7 Å². The van der Waals surface area contributed by atoms with Crippen LogP contribution in [0.25, 0.3) is 11.3 Å². The highest BCUT2D eigenvalue weighted by Gasteiger charge is 2.17. The molecular weight excluding hydrogens is 495 g/mol. The summed E-state index contributed by atoms with van der Waals surface area (Å²) in [5.41, 5.74) is 2.28. The number of benzene rings is 2. The number of ether oxygens (including phenoxy) is 1. The highest BCUT2D eigenvalue weighted by molar-refractivity contribution is 8.93. The van der Waals surface area contributed by atoms with E-state index in [-0.39, 0.29) is 26.9 Å². The predicted octanol–water partition coefficient (Wildman–Crippen LogP) is 5.15. The molecule has 3 aromatic rings. The molecule has 1 heterocycles. The molecule has 0 saturated heterocycles. The summed E-state index contributed by atoms with van der Waals surface area (Å²) in [6.07, 6.45) is 0. The largest absolute Gasteiger partial charge is 0.497 e. The number of thiazole rings is 1. The lowest BCUT2D eigenvalue weighted by Crippen LogP contribution is -2.11. The van der Waals surface area contributed by atoms with Gasteiger partial charge in [-0.15, -0.1) is 28.3 Å². The SMILES string of the molecule is Br.COc1ccc(N=c2scc(-c3ccc(Cl)c(S(=O)(=O)Cl)c3)n2C)cc1. The van der Waals surface area contributed by atoms with Gasteiger partial charge < -0.3 is 9.30 Å². The van der Waals surface area contributed by atoms with Crippen LogP contribution in [-0.4, -0.2) is 20.1 Å². The van der Waals surface area contributed by atoms with Crippen molar-refractivity contribution in [3.63, 3.8) is 0 Å². The summed E-state index contributed by atoms with van der Waals surface area (Å²) in [5.74, 6) is 0.760. The van der Waals surface area contributed by atoms with E-state index in [1.54, 1.807) is 13.2 Å². The fraction of sp³-hybridized carbons (Fsp3) is 0.118. The van der Waals surface area contributed by atoms with Crippen LogP contribution in [0.2, 0.25) is 5.02 Å². The molecule has 0 radical (unpaired) electrons. The molecule has 0 unspecified atom stereocenters. The Labute approximate surface area is 181 Å². The summed E-state index contributed by atoms with van der Waals surface area (Å²) < 4.78 is 30.4. The van der Waals surface area contributed by atoms with Gasteiger partial charge in [-0.05, 0) is 36.4 Å². The van der Waals surface area contributed by atoms with Gasteiger partial charge in [0.1, 0.15) is 10.6 Å². The summed E-state index contributed by atoms with van der Waals surface area (Å²) in [6, 6.07) is 12.1. The molecule has 3 rings (SSSR count). The van der Waals surface area contributed by atoms with E-state index in [1.807, 2.05) is 41.3 Å². The molecule has 0 fully saturated rings. The Bertz CT molecular complexity index is 1120. The van der Waals surface area contributed by atoms with Crippen LogP contribution < -0.4 is 9.54 Å². The van der Waals surface area contributed by atoms with Crippen LogP contribution in [0.15, 0.2) is 57.7 Å². The lowest BCUT2D eigenvalue weighted by molar-refractivity contribution is 0.415. The Kier molecular flexibility index (Phi) is 7.15. The second-order valence-corrected chi connectivity index (χ2v) is 9.13. The van der Waals surface area contributed by atoms with Crippen molar-refractivity contribution in [1.29, 1.82) is 0 Å². The van der Waals surface area contributed by atoms with Gasteiger partial charge in [0.15, 0.2) is 4.80 Å². The standard InChI is InChI=1S/C17H14Cl2N2O3S2.BrH/c1-21-15(11-3-8-14(18)16(9-11)26(19,22)23)10-25-17(21)20-12-4-6-13(24-2)7-5-12;/h3-10H,1-2H3;1H. The fourth-order valence-electron chi connectivity index (χ4n) is 2.35. The van der Waals surface area contributed by atoms with Crippen LogP contribution in [0.4, 0.5) is 5.69 Å². The molecule has 1 aromatic heterocycles. The van der Waals surface area contributed by atoms with E-state index in [9.17, 15) is 8.42 Å². The smallest absolute Gasteiger partial charge is 0.262 e. The molecule has 0 N–H and O–H groups in total. The van der Waals surface area contributed by atoms with Crippen molar-refractivity contribution >= 4 is 65.3 Å². The van der Waals surface area contributed by atoms with E-state index in [0.717, 1.165) is 21.9 Å². The van der Waals surface area contributed by atoms with Gasteiger partial charge in [-0.2, -0.15) is 0 Å². The predicted molar refractivity (Wildman–Crippen MR) is 115 cm³/mol. The molecule has 0 aliphatic rings. The van der Waals surface area contributed by atoms with Gasteiger partial charge in [-0.25, -0.2) is 13.4 Å². The number of rotatable bonds is 4. The van der Waals surface area contributed by atoms with E-state index < -0.39 is 9.05 Å². The number of hydrogen-bond acceptors (Lipinski definition) is 5. The zero-order valence-electron chi connectivity index (χ0n) is 14.2. The molecule has 2 aromatic carbocycles. The molecule has 27 heavy (non-hydrogen) atoms. The first-order valence-electron chi connectivity index (χ1n) is 7.37. The van der Waals surface area contributed by atoms with E-state index in [4.69, 9.17) is 27.0 Å². The van der Waals surface area contributed by atoms with Crippen LogP contribution in [0, 0.1) is 0 Å². The first-order valence-corrected chi connectivity index (χ1v) is 10.9. The number of nitrogens with zero attached hydrogens (tertiary/aromatic N) is 2. The summed E-state index contributed by atoms with van der Waals surface area (Å²) in [4.78, 5) is 5.25. The van der Waals surface area contributed by atoms with Gasteiger partial charge in [-0.3, -0.25) is 0 Å². The fourth-order valence-corrected chi connectivity index (χ4v) is 4.77. The molecule has 0 saturated carbocycles. The molecule has 0 atom stereocenters. The van der Waals surface area contributed by atoms with Crippen molar-refractivity contribution in [2.45, 2.75) is 4.90 Å². The van der Waals surface area contributed by atoms with Crippen LogP contribution >= 0.6 is 50.6 Å². The monoisotopic (exact) mass is 508 g/mol. The topological polar surface area (TPSA) is 60.7 Å². The van der Waals surface area contributed by atoms with Gasteiger partial charge in [0.25, 0.3) is 9.05 Å². The zero-order valence-corrected chi connectivity index (χ0v) is 19.1. The minimum Gasteiger partial charge on any atom is -0.497 e. The highest BCUT2D eigenvalue weighted by atomic mass is 79.9. The van der Waals surface area contributed by atoms with Crippen molar-refractivity contribution in [2.24, 2.45) is 12.0 Å². The average Bonchev–Trinajstić information content (AvgIpc) is 2.96. The Morgan fingerprint density at radius 2 is 1.81 bits per heavy atom. The Morgan fingerprint density at radius 3 is 2.41 bits per heavy atom. The molecule has 0 aliphatic heterocycles. The molecular formula is C17H15BrCl2N2O3S2. The van der Waals surface area contributed by atoms with Gasteiger partial charge >= 0.3 is 0 Å². The lowest BCUT2D eigenvalue weighted by atomic mass is 10.2. The molecule has 0 amide bonds. The minimum absolute atomic E-state index is 0. The van der Waals surface area contributed by atoms with Crippen LogP contribution in [0.3, 0.4) is 0 Å². The van der Waals surface area contributed by atoms with E-state index in [0.29, 0.717) is 5.56 Å². The third-order valence-corrected chi connectivity index (χ3v) is 6.43. The van der Waals surface area contributed by atoms with E-state index in [1.165, 1.54) is 23.5 Å². The van der Waals surface area contributed by atoms with Gasteiger partial charge in [0.05, 0.1) is 23.5 Å². The molecule has 0 aliphatic carbocycles. The van der Waals surface area contributed by atoms with Crippen LogP contribution in [0.1, 0.15) is 0 Å². The maximum atomic E-state index is 11.7. The number of methoxy groups -OCH3 is 1. The van der Waals surface area contributed by atoms with Crippen molar-refractivity contribution in [1.82, 2.24) is 4.57 Å². The molecule has 0 spiro atoms. The highest BCUT2D eigenvalue weighted by Crippen LogP contribution is 2.30. The number of hydrogen-bond donors (Lipinski definition) is 0. The third-order valence-electron chi connectivity index (χ3n) is 3.71.